The Hall–Kier alpha value is -2.72. The highest BCUT2D eigenvalue weighted by molar-refractivity contribution is 7.10. The van der Waals surface area contributed by atoms with Crippen LogP contribution < -0.4 is 5.73 Å². The lowest BCUT2D eigenvalue weighted by molar-refractivity contribution is -0.688. The van der Waals surface area contributed by atoms with E-state index in [1.54, 1.807) is 13.1 Å². The van der Waals surface area contributed by atoms with Crippen LogP contribution in [0.2, 0.25) is 0 Å². The summed E-state index contributed by atoms with van der Waals surface area (Å²) in [6.45, 7) is 2.11. The van der Waals surface area contributed by atoms with Crippen LogP contribution in [0.15, 0.2) is 40.7 Å². The third-order valence-corrected chi connectivity index (χ3v) is 5.11. The molecule has 0 aliphatic carbocycles. The second-order valence-electron chi connectivity index (χ2n) is 5.67. The smallest absolute Gasteiger partial charge is 0.255 e. The van der Waals surface area contributed by atoms with Gasteiger partial charge in [0.1, 0.15) is 4.87 Å². The number of thiophene rings is 1. The predicted molar refractivity (Wildman–Crippen MR) is 89.7 cm³/mol. The third kappa shape index (κ3) is 2.69. The molecule has 1 aliphatic heterocycles. The fourth-order valence-electron chi connectivity index (χ4n) is 2.52. The molecule has 7 heteroatoms. The van der Waals surface area contributed by atoms with E-state index in [4.69, 9.17) is 11.0 Å². The van der Waals surface area contributed by atoms with E-state index in [1.807, 2.05) is 36.6 Å². The van der Waals surface area contributed by atoms with Crippen molar-refractivity contribution in [1.29, 1.82) is 5.26 Å². The maximum absolute atomic E-state index is 12.0. The first-order chi connectivity index (χ1) is 10.9. The number of nitriles is 1. The maximum atomic E-state index is 12.0. The number of guanidine groups is 1. The summed E-state index contributed by atoms with van der Waals surface area (Å²) in [5.41, 5.74) is 7.77. The van der Waals surface area contributed by atoms with E-state index in [0.29, 0.717) is 5.56 Å². The average Bonchev–Trinajstić information content (AvgIpc) is 3.03. The number of benzene rings is 1. The number of nitrogens with two attached hydrogens (primary N) is 1. The maximum Gasteiger partial charge on any atom is 0.255 e. The molecule has 0 saturated carbocycles. The van der Waals surface area contributed by atoms with Gasteiger partial charge in [0.2, 0.25) is 0 Å². The average molecular weight is 326 g/mol. The van der Waals surface area contributed by atoms with Crippen LogP contribution in [0, 0.1) is 16.2 Å². The van der Waals surface area contributed by atoms with Gasteiger partial charge in [0, 0.05) is 4.88 Å². The van der Waals surface area contributed by atoms with Gasteiger partial charge >= 0.3 is 0 Å². The van der Waals surface area contributed by atoms with E-state index < -0.39 is 5.54 Å². The van der Waals surface area contributed by atoms with Crippen LogP contribution in [0.1, 0.15) is 17.4 Å². The molecule has 1 aliphatic rings. The molecule has 2 aromatic rings. The molecule has 0 amide bonds. The van der Waals surface area contributed by atoms with Gasteiger partial charge in [-0.25, -0.2) is 4.99 Å². The summed E-state index contributed by atoms with van der Waals surface area (Å²) < 4.78 is 0. The summed E-state index contributed by atoms with van der Waals surface area (Å²) in [6.07, 6.45) is 0. The summed E-state index contributed by atoms with van der Waals surface area (Å²) in [4.78, 5) is 18.3. The van der Waals surface area contributed by atoms with E-state index in [9.17, 15) is 4.91 Å². The van der Waals surface area contributed by atoms with Gasteiger partial charge in [0.05, 0.1) is 23.6 Å². The summed E-state index contributed by atoms with van der Waals surface area (Å²) in [5, 5.41) is 12.3. The molecule has 0 saturated heterocycles. The van der Waals surface area contributed by atoms with Crippen molar-refractivity contribution in [1.82, 2.24) is 5.01 Å². The molecule has 0 bridgehead atoms. The molecule has 116 valence electrons. The minimum absolute atomic E-state index is 0.204. The van der Waals surface area contributed by atoms with Crippen molar-refractivity contribution in [2.45, 2.75) is 12.5 Å². The standard InChI is InChI=1S/C16H16N5OS/c1-16(10-21(22)20(2)15(18)19-16)14-7-13(9-23-14)12-5-3-4-11(6-12)8-17/h3-7,9H,10H2,1-2H3,(H2,18,19)/q+1. The Morgan fingerprint density at radius 2 is 2.22 bits per heavy atom. The topological polar surface area (TPSA) is 85.5 Å². The van der Waals surface area contributed by atoms with Crippen molar-refractivity contribution in [2.24, 2.45) is 10.7 Å². The first-order valence-electron chi connectivity index (χ1n) is 7.06. The molecule has 1 unspecified atom stereocenters. The van der Waals surface area contributed by atoms with Crippen molar-refractivity contribution in [3.63, 3.8) is 0 Å². The summed E-state index contributed by atoms with van der Waals surface area (Å²) in [5.74, 6) is 0.204. The molecule has 1 aromatic heterocycles. The Morgan fingerprint density at radius 3 is 2.91 bits per heavy atom. The van der Waals surface area contributed by atoms with Crippen molar-refractivity contribution in [2.75, 3.05) is 13.6 Å². The van der Waals surface area contributed by atoms with Gasteiger partial charge in [-0.1, -0.05) is 17.1 Å². The normalized spacial score (nSPS) is 21.0. The minimum atomic E-state index is -0.673. The van der Waals surface area contributed by atoms with Crippen LogP contribution >= 0.6 is 11.3 Å². The lowest BCUT2D eigenvalue weighted by Gasteiger charge is -2.26. The Bertz CT molecular complexity index is 850. The highest BCUT2D eigenvalue weighted by Crippen LogP contribution is 2.36. The van der Waals surface area contributed by atoms with Gasteiger partial charge in [-0.15, -0.1) is 11.3 Å². The molecule has 3 rings (SSSR count). The molecule has 6 nitrogen and oxygen atoms in total. The molecule has 0 spiro atoms. The Kier molecular flexibility index (Phi) is 3.62. The number of aliphatic imine (C=N–C) groups is 1. The Labute approximate surface area is 138 Å². The van der Waals surface area contributed by atoms with E-state index in [1.165, 1.54) is 16.3 Å². The largest absolute Gasteiger partial charge is 0.365 e. The lowest BCUT2D eigenvalue weighted by atomic mass is 9.98. The van der Waals surface area contributed by atoms with Gasteiger partial charge in [-0.3, -0.25) is 0 Å². The fraction of sp³-hybridized carbons (Fsp3) is 0.250. The SMILES string of the molecule is CN1C(N)=NC(C)(c2cc(-c3cccc(C#N)c3)cs2)C[N+]1=O. The monoisotopic (exact) mass is 326 g/mol. The lowest BCUT2D eigenvalue weighted by Crippen LogP contribution is -2.51. The van der Waals surface area contributed by atoms with E-state index in [0.717, 1.165) is 20.9 Å². The first-order valence-corrected chi connectivity index (χ1v) is 7.94. The van der Waals surface area contributed by atoms with Crippen molar-refractivity contribution >= 4 is 17.3 Å². The van der Waals surface area contributed by atoms with Gasteiger partial charge in [-0.2, -0.15) is 5.26 Å². The van der Waals surface area contributed by atoms with Crippen LogP contribution in [0.3, 0.4) is 0 Å². The molecular formula is C16H16N5OS+. The Balaban J connectivity index is 1.99. The molecule has 1 atom stereocenters. The van der Waals surface area contributed by atoms with Gasteiger partial charge < -0.3 is 5.73 Å². The third-order valence-electron chi connectivity index (χ3n) is 3.93. The van der Waals surface area contributed by atoms with Gasteiger partial charge in [-0.05, 0) is 41.6 Å². The van der Waals surface area contributed by atoms with Crippen LogP contribution in [-0.4, -0.2) is 29.4 Å². The highest BCUT2D eigenvalue weighted by atomic mass is 32.1. The number of nitrogens with zero attached hydrogens (tertiary/aromatic N) is 4. The minimum Gasteiger partial charge on any atom is -0.365 e. The first kappa shape index (κ1) is 15.2. The van der Waals surface area contributed by atoms with Crippen LogP contribution in [0.5, 0.6) is 0 Å². The van der Waals surface area contributed by atoms with Crippen molar-refractivity contribution in [3.05, 3.63) is 51.1 Å². The summed E-state index contributed by atoms with van der Waals surface area (Å²) in [6, 6.07) is 11.6. The fourth-order valence-corrected chi connectivity index (χ4v) is 3.53. The van der Waals surface area contributed by atoms with Gasteiger partial charge in [0.25, 0.3) is 12.5 Å². The zero-order valence-electron chi connectivity index (χ0n) is 12.9. The van der Waals surface area contributed by atoms with Crippen LogP contribution in [0.4, 0.5) is 0 Å². The van der Waals surface area contributed by atoms with Gasteiger partial charge in [0.15, 0.2) is 5.54 Å². The molecule has 0 radical (unpaired) electrons. The van der Waals surface area contributed by atoms with Crippen molar-refractivity contribution < 1.29 is 4.87 Å². The van der Waals surface area contributed by atoms with E-state index in [2.05, 4.69) is 11.1 Å². The second-order valence-corrected chi connectivity index (χ2v) is 6.58. The zero-order chi connectivity index (χ0) is 16.6. The highest BCUT2D eigenvalue weighted by Gasteiger charge is 2.43. The number of hydrazine groups is 1. The van der Waals surface area contributed by atoms with Crippen molar-refractivity contribution in [3.8, 4) is 17.2 Å². The molecule has 2 N–H and O–H groups in total. The number of hydrogen-bond donors (Lipinski definition) is 1. The quantitative estimate of drug-likeness (QED) is 0.859. The predicted octanol–water partition coefficient (Wildman–Crippen LogP) is 2.46. The summed E-state index contributed by atoms with van der Waals surface area (Å²) in [7, 11) is 1.60. The van der Waals surface area contributed by atoms with E-state index >= 15 is 0 Å². The molecule has 0 fully saturated rings. The van der Waals surface area contributed by atoms with Crippen LogP contribution in [0.25, 0.3) is 11.1 Å². The Morgan fingerprint density at radius 1 is 1.43 bits per heavy atom. The molecule has 2 heterocycles. The van der Waals surface area contributed by atoms with Crippen LogP contribution in [-0.2, 0) is 5.54 Å². The zero-order valence-corrected chi connectivity index (χ0v) is 13.7. The number of rotatable bonds is 2. The van der Waals surface area contributed by atoms with E-state index in [-0.39, 0.29) is 12.5 Å². The molecule has 1 aromatic carbocycles. The summed E-state index contributed by atoms with van der Waals surface area (Å²) >= 11 is 1.54. The number of hydrogen-bond acceptors (Lipinski definition) is 5. The molecular weight excluding hydrogens is 310 g/mol. The second kappa shape index (κ2) is 5.48. The molecule has 23 heavy (non-hydrogen) atoms. The number of nitroso groups, excluding NO2 is 1.